The Balaban J connectivity index is 1.66. The number of aliphatic hydroxyl groups excluding tert-OH is 1. The van der Waals surface area contributed by atoms with Crippen LogP contribution in [0.1, 0.15) is 18.1 Å². The minimum absolute atomic E-state index is 0.159. The van der Waals surface area contributed by atoms with E-state index in [-0.39, 0.29) is 12.1 Å². The second-order valence-electron chi connectivity index (χ2n) is 5.24. The fourth-order valence-electron chi connectivity index (χ4n) is 2.88. The highest BCUT2D eigenvalue weighted by Gasteiger charge is 2.43. The lowest BCUT2D eigenvalue weighted by molar-refractivity contribution is -0.146. The Morgan fingerprint density at radius 2 is 1.90 bits per heavy atom. The Hall–Kier alpha value is -1.08. The van der Waals surface area contributed by atoms with Crippen molar-refractivity contribution >= 4 is 0 Å². The largest absolute Gasteiger partial charge is 0.387 e. The predicted octanol–water partition coefficient (Wildman–Crippen LogP) is 1.45. The van der Waals surface area contributed by atoms with E-state index in [1.165, 1.54) is 6.07 Å². The van der Waals surface area contributed by atoms with Gasteiger partial charge in [-0.25, -0.2) is 8.78 Å². The summed E-state index contributed by atoms with van der Waals surface area (Å²) in [4.78, 5) is 1.90. The van der Waals surface area contributed by atoms with Gasteiger partial charge in [0.15, 0.2) is 5.79 Å². The lowest BCUT2D eigenvalue weighted by Gasteiger charge is -2.24. The third-order valence-corrected chi connectivity index (χ3v) is 3.85. The molecule has 3 rings (SSSR count). The molecule has 110 valence electrons. The van der Waals surface area contributed by atoms with Gasteiger partial charge in [-0.1, -0.05) is 6.07 Å². The fourth-order valence-corrected chi connectivity index (χ4v) is 2.88. The van der Waals surface area contributed by atoms with Crippen LogP contribution in [0.4, 0.5) is 8.78 Å². The standard InChI is InChI=1S/C14H17F2NO3/c15-10-2-1-3-11(16)13(10)12(18)8-17-5-4-14(9-17)19-6-7-20-14/h1-3,12,18H,4-9H2. The monoisotopic (exact) mass is 285 g/mol. The summed E-state index contributed by atoms with van der Waals surface area (Å²) in [5.74, 6) is -2.03. The Morgan fingerprint density at radius 1 is 1.25 bits per heavy atom. The van der Waals surface area contributed by atoms with Crippen molar-refractivity contribution in [1.82, 2.24) is 4.90 Å². The first-order chi connectivity index (χ1) is 9.60. The van der Waals surface area contributed by atoms with Gasteiger partial charge in [-0.05, 0) is 12.1 Å². The Kier molecular flexibility index (Phi) is 3.72. The maximum atomic E-state index is 13.6. The van der Waals surface area contributed by atoms with Crippen molar-refractivity contribution in [3.63, 3.8) is 0 Å². The average molecular weight is 285 g/mol. The Labute approximate surface area is 115 Å². The summed E-state index contributed by atoms with van der Waals surface area (Å²) < 4.78 is 38.3. The smallest absolute Gasteiger partial charge is 0.182 e. The third-order valence-electron chi connectivity index (χ3n) is 3.85. The molecule has 6 heteroatoms. The van der Waals surface area contributed by atoms with E-state index in [4.69, 9.17) is 9.47 Å². The molecule has 0 aliphatic carbocycles. The second kappa shape index (κ2) is 5.37. The number of nitrogens with zero attached hydrogens (tertiary/aromatic N) is 1. The molecule has 1 aromatic rings. The first-order valence-electron chi connectivity index (χ1n) is 6.72. The number of ether oxygens (including phenoxy) is 2. The molecule has 2 heterocycles. The van der Waals surface area contributed by atoms with Gasteiger partial charge in [-0.3, -0.25) is 4.90 Å². The quantitative estimate of drug-likeness (QED) is 0.912. The topological polar surface area (TPSA) is 41.9 Å². The summed E-state index contributed by atoms with van der Waals surface area (Å²) in [7, 11) is 0. The average Bonchev–Trinajstić information content (AvgIpc) is 3.00. The number of hydrogen-bond donors (Lipinski definition) is 1. The number of benzene rings is 1. The van der Waals surface area contributed by atoms with Gasteiger partial charge in [0.25, 0.3) is 0 Å². The van der Waals surface area contributed by atoms with Gasteiger partial charge in [0, 0.05) is 19.5 Å². The van der Waals surface area contributed by atoms with Crippen molar-refractivity contribution in [2.24, 2.45) is 0 Å². The molecule has 0 bridgehead atoms. The van der Waals surface area contributed by atoms with Crippen molar-refractivity contribution in [2.75, 3.05) is 32.8 Å². The molecular weight excluding hydrogens is 268 g/mol. The number of hydrogen-bond acceptors (Lipinski definition) is 4. The van der Waals surface area contributed by atoms with E-state index in [0.29, 0.717) is 32.7 Å². The van der Waals surface area contributed by atoms with Crippen LogP contribution in [-0.4, -0.2) is 48.6 Å². The molecule has 1 N–H and O–H groups in total. The van der Waals surface area contributed by atoms with Gasteiger partial charge >= 0.3 is 0 Å². The van der Waals surface area contributed by atoms with Gasteiger partial charge < -0.3 is 14.6 Å². The molecule has 0 saturated carbocycles. The van der Waals surface area contributed by atoms with Crippen LogP contribution in [0.15, 0.2) is 18.2 Å². The van der Waals surface area contributed by atoms with E-state index in [1.807, 2.05) is 4.90 Å². The van der Waals surface area contributed by atoms with Gasteiger partial charge in [0.1, 0.15) is 11.6 Å². The molecule has 0 aromatic heterocycles. The molecule has 0 radical (unpaired) electrons. The maximum absolute atomic E-state index is 13.6. The van der Waals surface area contributed by atoms with Gasteiger partial charge in [0.2, 0.25) is 0 Å². The predicted molar refractivity (Wildman–Crippen MR) is 67.0 cm³/mol. The number of β-amino-alcohol motifs (C(OH)–C–C–N with tert-alkyl or cyclic N) is 1. The molecule has 1 unspecified atom stereocenters. The van der Waals surface area contributed by atoms with Gasteiger partial charge in [-0.2, -0.15) is 0 Å². The number of aliphatic hydroxyl groups is 1. The molecule has 2 aliphatic heterocycles. The van der Waals surface area contributed by atoms with Crippen molar-refractivity contribution in [2.45, 2.75) is 18.3 Å². The van der Waals surface area contributed by atoms with Crippen LogP contribution >= 0.6 is 0 Å². The van der Waals surface area contributed by atoms with E-state index in [9.17, 15) is 13.9 Å². The van der Waals surface area contributed by atoms with Crippen LogP contribution in [0.25, 0.3) is 0 Å². The summed E-state index contributed by atoms with van der Waals surface area (Å²) in [6, 6.07) is 3.58. The first-order valence-corrected chi connectivity index (χ1v) is 6.72. The molecule has 2 fully saturated rings. The first kappa shape index (κ1) is 13.9. The molecule has 2 aliphatic rings. The van der Waals surface area contributed by atoms with Crippen LogP contribution in [-0.2, 0) is 9.47 Å². The van der Waals surface area contributed by atoms with Crippen molar-refractivity contribution < 1.29 is 23.4 Å². The fraction of sp³-hybridized carbons (Fsp3) is 0.571. The summed E-state index contributed by atoms with van der Waals surface area (Å²) >= 11 is 0. The highest BCUT2D eigenvalue weighted by atomic mass is 19.1. The van der Waals surface area contributed by atoms with Crippen LogP contribution < -0.4 is 0 Å². The normalized spacial score (nSPS) is 23.6. The van der Waals surface area contributed by atoms with E-state index in [1.54, 1.807) is 0 Å². The Bertz CT molecular complexity index is 471. The summed E-state index contributed by atoms with van der Waals surface area (Å²) in [6.07, 6.45) is -0.493. The van der Waals surface area contributed by atoms with Crippen molar-refractivity contribution in [3.8, 4) is 0 Å². The highest BCUT2D eigenvalue weighted by Crippen LogP contribution is 2.32. The summed E-state index contributed by atoms with van der Waals surface area (Å²) in [5, 5.41) is 10.1. The van der Waals surface area contributed by atoms with Crippen molar-refractivity contribution in [1.29, 1.82) is 0 Å². The van der Waals surface area contributed by atoms with Gasteiger partial charge in [0.05, 0.1) is 31.4 Å². The molecular formula is C14H17F2NO3. The summed E-state index contributed by atoms with van der Waals surface area (Å²) in [6.45, 7) is 2.48. The molecule has 1 atom stereocenters. The lowest BCUT2D eigenvalue weighted by atomic mass is 10.1. The molecule has 0 amide bonds. The van der Waals surface area contributed by atoms with Crippen molar-refractivity contribution in [3.05, 3.63) is 35.4 Å². The maximum Gasteiger partial charge on any atom is 0.182 e. The lowest BCUT2D eigenvalue weighted by Crippen LogP contribution is -2.36. The molecule has 1 aromatic carbocycles. The second-order valence-corrected chi connectivity index (χ2v) is 5.24. The summed E-state index contributed by atoms with van der Waals surface area (Å²) in [5.41, 5.74) is -0.276. The third kappa shape index (κ3) is 2.56. The molecule has 4 nitrogen and oxygen atoms in total. The van der Waals surface area contributed by atoms with Crippen LogP contribution in [0.2, 0.25) is 0 Å². The van der Waals surface area contributed by atoms with Crippen LogP contribution in [0.3, 0.4) is 0 Å². The van der Waals surface area contributed by atoms with E-state index in [0.717, 1.165) is 12.1 Å². The zero-order chi connectivity index (χ0) is 14.2. The number of halogens is 2. The van der Waals surface area contributed by atoms with E-state index >= 15 is 0 Å². The van der Waals surface area contributed by atoms with E-state index < -0.39 is 23.5 Å². The van der Waals surface area contributed by atoms with Crippen LogP contribution in [0.5, 0.6) is 0 Å². The SMILES string of the molecule is OC(CN1CCC2(C1)OCCO2)c1c(F)cccc1F. The van der Waals surface area contributed by atoms with Gasteiger partial charge in [-0.15, -0.1) is 0 Å². The Morgan fingerprint density at radius 3 is 2.55 bits per heavy atom. The molecule has 1 spiro atoms. The van der Waals surface area contributed by atoms with E-state index in [2.05, 4.69) is 0 Å². The highest BCUT2D eigenvalue weighted by molar-refractivity contribution is 5.22. The minimum Gasteiger partial charge on any atom is -0.387 e. The zero-order valence-corrected chi connectivity index (χ0v) is 11.0. The molecule has 20 heavy (non-hydrogen) atoms. The minimum atomic E-state index is -1.20. The number of likely N-dealkylation sites (tertiary alicyclic amines) is 1. The molecule has 2 saturated heterocycles. The zero-order valence-electron chi connectivity index (χ0n) is 11.0. The van der Waals surface area contributed by atoms with Crippen LogP contribution in [0, 0.1) is 11.6 Å². The number of rotatable bonds is 3.